The Labute approximate surface area is 272 Å². The standard InChI is InChI=1S/C34H43F2N5O6/c1-19-14-26(45-6)23(21-10-12-41(27(19)21)31(44)47-32(3,4)5)16-40-13-11-33(17-34(35,36)18-33)15-25(40)22-8-9-24(30(43)46-7)39-29(22)38-20(2)28(37)42/h8-10,12,14,20,25H,11,13,15-18H2,1-7H3,(H2,37,42)(H,38,39)/t20-,25-/m1/s1. The van der Waals surface area contributed by atoms with Crippen LogP contribution in [-0.2, 0) is 20.8 Å². The molecular weight excluding hydrogens is 612 g/mol. The van der Waals surface area contributed by atoms with Gasteiger partial charge >= 0.3 is 12.1 Å². The molecule has 1 aromatic carbocycles. The lowest BCUT2D eigenvalue weighted by Gasteiger charge is -2.55. The number of esters is 1. The van der Waals surface area contributed by atoms with E-state index in [-0.39, 0.29) is 24.4 Å². The quantitative estimate of drug-likeness (QED) is 0.282. The number of aromatic nitrogens is 2. The van der Waals surface area contributed by atoms with E-state index in [1.165, 1.54) is 17.7 Å². The number of aryl methyl sites for hydroxylation is 1. The fourth-order valence-electron chi connectivity index (χ4n) is 6.96. The third-order valence-electron chi connectivity index (χ3n) is 9.13. The molecule has 0 radical (unpaired) electrons. The maximum absolute atomic E-state index is 14.3. The van der Waals surface area contributed by atoms with E-state index in [0.29, 0.717) is 42.8 Å². The van der Waals surface area contributed by atoms with Gasteiger partial charge in [0.05, 0.1) is 19.7 Å². The molecule has 3 N–H and O–H groups in total. The van der Waals surface area contributed by atoms with Crippen molar-refractivity contribution in [1.29, 1.82) is 0 Å². The Morgan fingerprint density at radius 3 is 2.47 bits per heavy atom. The van der Waals surface area contributed by atoms with Gasteiger partial charge in [-0.3, -0.25) is 14.3 Å². The second-order valence-corrected chi connectivity index (χ2v) is 13.8. The van der Waals surface area contributed by atoms with Crippen LogP contribution in [0.1, 0.15) is 86.6 Å². The minimum absolute atomic E-state index is 0.0214. The average Bonchev–Trinajstić information content (AvgIpc) is 3.43. The zero-order valence-electron chi connectivity index (χ0n) is 27.9. The predicted octanol–water partition coefficient (Wildman–Crippen LogP) is 5.96. The molecule has 2 fully saturated rings. The SMILES string of the molecule is COC(=O)c1ccc([C@H]2CC3(CCN2Cc2c(OC)cc(C)c4c2ccn4C(=O)OC(C)(C)C)CC(F)(F)C3)c(N[C@H](C)C(N)=O)n1. The van der Waals surface area contributed by atoms with Crippen molar-refractivity contribution in [2.45, 2.75) is 90.5 Å². The second-order valence-electron chi connectivity index (χ2n) is 13.8. The van der Waals surface area contributed by atoms with Crippen molar-refractivity contribution in [3.8, 4) is 5.75 Å². The van der Waals surface area contributed by atoms with Crippen LogP contribution in [0.3, 0.4) is 0 Å². The van der Waals surface area contributed by atoms with E-state index in [9.17, 15) is 23.2 Å². The normalized spacial score (nSPS) is 19.6. The molecule has 0 unspecified atom stereocenters. The number of rotatable bonds is 8. The second kappa shape index (κ2) is 12.4. The first-order valence-electron chi connectivity index (χ1n) is 15.6. The van der Waals surface area contributed by atoms with E-state index >= 15 is 0 Å². The smallest absolute Gasteiger partial charge is 0.419 e. The van der Waals surface area contributed by atoms with Crippen LogP contribution in [0.15, 0.2) is 30.5 Å². The van der Waals surface area contributed by atoms with Crippen molar-refractivity contribution in [1.82, 2.24) is 14.5 Å². The molecule has 2 atom stereocenters. The van der Waals surface area contributed by atoms with Crippen molar-refractivity contribution in [3.63, 3.8) is 0 Å². The molecule has 5 rings (SSSR count). The molecule has 1 aliphatic carbocycles. The number of nitrogens with zero attached hydrogens (tertiary/aromatic N) is 3. The molecule has 1 aliphatic heterocycles. The number of methoxy groups -OCH3 is 2. The van der Waals surface area contributed by atoms with Gasteiger partial charge in [-0.15, -0.1) is 0 Å². The highest BCUT2D eigenvalue weighted by Gasteiger charge is 2.58. The molecule has 2 aliphatic rings. The number of anilines is 1. The molecule has 47 heavy (non-hydrogen) atoms. The van der Waals surface area contributed by atoms with Crippen molar-refractivity contribution >= 4 is 34.7 Å². The molecule has 2 aromatic heterocycles. The van der Waals surface area contributed by atoms with Crippen LogP contribution < -0.4 is 15.8 Å². The van der Waals surface area contributed by atoms with Gasteiger partial charge in [-0.2, -0.15) is 0 Å². The third-order valence-corrected chi connectivity index (χ3v) is 9.13. The molecule has 1 saturated carbocycles. The Balaban J connectivity index is 1.60. The highest BCUT2D eigenvalue weighted by molar-refractivity contribution is 5.95. The van der Waals surface area contributed by atoms with Gasteiger partial charge in [0.15, 0.2) is 5.69 Å². The van der Waals surface area contributed by atoms with Crippen LogP contribution in [0.2, 0.25) is 0 Å². The Morgan fingerprint density at radius 1 is 1.17 bits per heavy atom. The minimum Gasteiger partial charge on any atom is -0.496 e. The van der Waals surface area contributed by atoms with Crippen LogP contribution in [0.25, 0.3) is 10.9 Å². The highest BCUT2D eigenvalue weighted by Crippen LogP contribution is 2.61. The molecule has 11 nitrogen and oxygen atoms in total. The van der Waals surface area contributed by atoms with E-state index in [1.807, 2.05) is 19.1 Å². The number of amides is 1. The molecule has 3 heterocycles. The van der Waals surface area contributed by atoms with Gasteiger partial charge in [-0.05, 0) is 83.2 Å². The molecule has 1 saturated heterocycles. The zero-order chi connectivity index (χ0) is 34.5. The number of ether oxygens (including phenoxy) is 3. The number of halogens is 2. The van der Waals surface area contributed by atoms with E-state index in [4.69, 9.17) is 19.9 Å². The van der Waals surface area contributed by atoms with Crippen LogP contribution >= 0.6 is 0 Å². The molecular formula is C34H43F2N5O6. The summed E-state index contributed by atoms with van der Waals surface area (Å²) in [5.74, 6) is -3.15. The Hall–Kier alpha value is -4.26. The molecule has 1 amide bonds. The Bertz CT molecular complexity index is 1710. The number of carbonyl (C=O) groups is 3. The monoisotopic (exact) mass is 655 g/mol. The van der Waals surface area contributed by atoms with Crippen LogP contribution in [-0.4, -0.2) is 70.8 Å². The van der Waals surface area contributed by atoms with Gasteiger partial charge < -0.3 is 25.3 Å². The van der Waals surface area contributed by atoms with E-state index in [2.05, 4.69) is 15.2 Å². The van der Waals surface area contributed by atoms with Crippen molar-refractivity contribution in [2.24, 2.45) is 11.1 Å². The third kappa shape index (κ3) is 6.90. The lowest BCUT2D eigenvalue weighted by atomic mass is 9.59. The molecule has 13 heteroatoms. The summed E-state index contributed by atoms with van der Waals surface area (Å²) in [6.45, 7) is 9.71. The summed E-state index contributed by atoms with van der Waals surface area (Å²) < 4.78 is 46.6. The maximum Gasteiger partial charge on any atom is 0.419 e. The number of pyridine rings is 1. The van der Waals surface area contributed by atoms with Crippen molar-refractivity contribution in [3.05, 3.63) is 52.8 Å². The van der Waals surface area contributed by atoms with Gasteiger partial charge in [-0.25, -0.2) is 23.4 Å². The van der Waals surface area contributed by atoms with Crippen LogP contribution in [0, 0.1) is 12.3 Å². The number of hydrogen-bond acceptors (Lipinski definition) is 9. The summed E-state index contributed by atoms with van der Waals surface area (Å²) in [4.78, 5) is 44.3. The van der Waals surface area contributed by atoms with Gasteiger partial charge in [0, 0.05) is 48.1 Å². The number of primary amides is 1. The van der Waals surface area contributed by atoms with E-state index < -0.39 is 47.0 Å². The summed E-state index contributed by atoms with van der Waals surface area (Å²) in [6, 6.07) is 5.71. The Morgan fingerprint density at radius 2 is 1.87 bits per heavy atom. The number of likely N-dealkylation sites (tertiary alicyclic amines) is 1. The Kier molecular flexibility index (Phi) is 8.99. The van der Waals surface area contributed by atoms with Gasteiger partial charge in [-0.1, -0.05) is 6.07 Å². The first kappa shape index (κ1) is 34.1. The number of piperidine rings is 1. The number of benzene rings is 1. The van der Waals surface area contributed by atoms with Gasteiger partial charge in [0.25, 0.3) is 0 Å². The number of hydrogen-bond donors (Lipinski definition) is 2. The highest BCUT2D eigenvalue weighted by atomic mass is 19.3. The van der Waals surface area contributed by atoms with Crippen molar-refractivity contribution < 1.29 is 37.4 Å². The maximum atomic E-state index is 14.3. The van der Waals surface area contributed by atoms with Gasteiger partial charge in [0.1, 0.15) is 23.2 Å². The molecule has 0 bridgehead atoms. The first-order chi connectivity index (χ1) is 22.0. The number of nitrogens with two attached hydrogens (primary N) is 1. The van der Waals surface area contributed by atoms with E-state index in [0.717, 1.165) is 16.5 Å². The molecule has 3 aromatic rings. The largest absolute Gasteiger partial charge is 0.496 e. The molecule has 254 valence electrons. The number of carbonyl (C=O) groups excluding carboxylic acids is 3. The zero-order valence-corrected chi connectivity index (χ0v) is 27.9. The number of nitrogens with one attached hydrogen (secondary N) is 1. The first-order valence-corrected chi connectivity index (χ1v) is 15.6. The minimum atomic E-state index is -2.72. The van der Waals surface area contributed by atoms with E-state index in [1.54, 1.807) is 47.1 Å². The predicted molar refractivity (Wildman–Crippen MR) is 172 cm³/mol. The summed E-state index contributed by atoms with van der Waals surface area (Å²) in [7, 11) is 2.82. The topological polar surface area (TPSA) is 138 Å². The fraction of sp³-hybridized carbons (Fsp3) is 0.529. The lowest BCUT2D eigenvalue weighted by molar-refractivity contribution is -0.186. The average molecular weight is 656 g/mol. The molecule has 1 spiro atoms. The number of alkyl halides is 2. The van der Waals surface area contributed by atoms with Crippen LogP contribution in [0.5, 0.6) is 5.75 Å². The fourth-order valence-corrected chi connectivity index (χ4v) is 6.96. The lowest BCUT2D eigenvalue weighted by Crippen LogP contribution is -2.53. The summed E-state index contributed by atoms with van der Waals surface area (Å²) >= 11 is 0. The van der Waals surface area contributed by atoms with Crippen molar-refractivity contribution in [2.75, 3.05) is 26.1 Å². The van der Waals surface area contributed by atoms with Gasteiger partial charge in [0.2, 0.25) is 11.8 Å². The van der Waals surface area contributed by atoms with Crippen LogP contribution in [0.4, 0.5) is 19.4 Å². The number of fused-ring (bicyclic) bond motifs is 1. The summed E-state index contributed by atoms with van der Waals surface area (Å²) in [5, 5.41) is 3.83. The summed E-state index contributed by atoms with van der Waals surface area (Å²) in [5.41, 5.74) is 7.25. The summed E-state index contributed by atoms with van der Waals surface area (Å²) in [6.07, 6.45) is 1.70.